The summed E-state index contributed by atoms with van der Waals surface area (Å²) in [7, 11) is -3.98. The summed E-state index contributed by atoms with van der Waals surface area (Å²) >= 11 is 3.22. The van der Waals surface area contributed by atoms with Gasteiger partial charge >= 0.3 is 10.1 Å². The second kappa shape index (κ2) is 6.84. The maximum Gasteiger partial charge on any atom is 0.317 e. The summed E-state index contributed by atoms with van der Waals surface area (Å²) in [5.74, 6) is 1.25. The zero-order chi connectivity index (χ0) is 16.4. The number of benzene rings is 1. The van der Waals surface area contributed by atoms with Crippen LogP contribution in [0.25, 0.3) is 0 Å². The van der Waals surface area contributed by atoms with E-state index in [1.165, 1.54) is 12.1 Å². The predicted octanol–water partition coefficient (Wildman–Crippen LogP) is 2.05. The highest BCUT2D eigenvalue weighted by Gasteiger charge is 2.41. The van der Waals surface area contributed by atoms with Crippen LogP contribution in [-0.2, 0) is 19.2 Å². The van der Waals surface area contributed by atoms with Gasteiger partial charge in [-0.05, 0) is 19.1 Å². The first kappa shape index (κ1) is 16.8. The van der Waals surface area contributed by atoms with Crippen LogP contribution < -0.4 is 0 Å². The van der Waals surface area contributed by atoms with Gasteiger partial charge in [0.1, 0.15) is 4.38 Å². The molecule has 3 rings (SSSR count). The topological polar surface area (TPSA) is 76.0 Å². The molecule has 0 N–H and O–H groups in total. The average Bonchev–Trinajstić information content (AvgIpc) is 3.03. The van der Waals surface area contributed by atoms with Gasteiger partial charge in [0.15, 0.2) is 0 Å². The lowest BCUT2D eigenvalue weighted by Gasteiger charge is -2.37. The van der Waals surface area contributed by atoms with Crippen molar-refractivity contribution in [2.75, 3.05) is 18.1 Å². The molecule has 6 nitrogen and oxygen atoms in total. The minimum atomic E-state index is -3.98. The molecule has 0 radical (unpaired) electrons. The molecule has 2 aliphatic rings. The van der Waals surface area contributed by atoms with Gasteiger partial charge in [-0.15, -0.1) is 4.28 Å². The largest absolute Gasteiger partial charge is 0.317 e. The Labute approximate surface area is 143 Å². The molecule has 1 fully saturated rings. The van der Waals surface area contributed by atoms with E-state index in [9.17, 15) is 13.2 Å². The standard InChI is InChI=1S/C14H16N2O4S3/c1-10-2-4-12(5-3-10)23(18,19)20-16-11(8-13(16)17)9-22-14-15-6-7-21-14/h2-5,11H,6-9H2,1H3. The zero-order valence-corrected chi connectivity index (χ0v) is 14.9. The molecule has 124 valence electrons. The molecular formula is C14H16N2O4S3. The summed E-state index contributed by atoms with van der Waals surface area (Å²) in [5.41, 5.74) is 0.952. The SMILES string of the molecule is Cc1ccc(S(=O)(=O)ON2C(=O)CC2CSC2=NCCS2)cc1. The second-order valence-corrected chi connectivity index (χ2v) is 9.11. The number of nitrogens with zero attached hydrogens (tertiary/aromatic N) is 2. The van der Waals surface area contributed by atoms with Crippen molar-refractivity contribution in [1.82, 2.24) is 5.06 Å². The first-order valence-corrected chi connectivity index (χ1v) is 10.5. The molecule has 1 aromatic rings. The molecule has 2 aliphatic heterocycles. The van der Waals surface area contributed by atoms with Gasteiger partial charge in [-0.3, -0.25) is 9.79 Å². The van der Waals surface area contributed by atoms with Crippen LogP contribution in [0.4, 0.5) is 0 Å². The fraction of sp³-hybridized carbons (Fsp3) is 0.429. The van der Waals surface area contributed by atoms with Gasteiger partial charge in [0.25, 0.3) is 0 Å². The molecule has 0 saturated carbocycles. The lowest BCUT2D eigenvalue weighted by atomic mass is 10.1. The van der Waals surface area contributed by atoms with E-state index in [-0.39, 0.29) is 16.8 Å². The Kier molecular flexibility index (Phi) is 5.00. The van der Waals surface area contributed by atoms with E-state index in [0.29, 0.717) is 12.2 Å². The zero-order valence-electron chi connectivity index (χ0n) is 12.5. The monoisotopic (exact) mass is 372 g/mol. The number of aryl methyl sites for hydroxylation is 1. The maximum absolute atomic E-state index is 12.2. The number of thioether (sulfide) groups is 2. The number of hydrogen-bond donors (Lipinski definition) is 0. The van der Waals surface area contributed by atoms with Crippen LogP contribution in [0.15, 0.2) is 34.2 Å². The lowest BCUT2D eigenvalue weighted by Crippen LogP contribution is -2.54. The number of β-lactam (4-membered cyclic amide) rings is 1. The minimum absolute atomic E-state index is 0.0462. The Morgan fingerprint density at radius 1 is 1.39 bits per heavy atom. The quantitative estimate of drug-likeness (QED) is 0.737. The van der Waals surface area contributed by atoms with Crippen LogP contribution in [0.3, 0.4) is 0 Å². The number of carbonyl (C=O) groups excluding carboxylic acids is 1. The molecule has 1 aromatic carbocycles. The van der Waals surface area contributed by atoms with Crippen molar-refractivity contribution in [1.29, 1.82) is 0 Å². The van der Waals surface area contributed by atoms with E-state index in [0.717, 1.165) is 27.3 Å². The van der Waals surface area contributed by atoms with Crippen molar-refractivity contribution in [2.45, 2.75) is 24.3 Å². The first-order chi connectivity index (χ1) is 11.0. The fourth-order valence-corrected chi connectivity index (χ4v) is 5.19. The van der Waals surface area contributed by atoms with Crippen LogP contribution in [-0.4, -0.2) is 47.9 Å². The van der Waals surface area contributed by atoms with Crippen molar-refractivity contribution in [2.24, 2.45) is 4.99 Å². The van der Waals surface area contributed by atoms with Gasteiger partial charge in [0.2, 0.25) is 5.91 Å². The normalized spacial score (nSPS) is 21.3. The van der Waals surface area contributed by atoms with E-state index in [1.54, 1.807) is 35.7 Å². The van der Waals surface area contributed by atoms with E-state index in [2.05, 4.69) is 4.99 Å². The van der Waals surface area contributed by atoms with Crippen LogP contribution >= 0.6 is 23.5 Å². The fourth-order valence-electron chi connectivity index (χ4n) is 2.12. The molecule has 23 heavy (non-hydrogen) atoms. The highest BCUT2D eigenvalue weighted by molar-refractivity contribution is 8.39. The van der Waals surface area contributed by atoms with Gasteiger partial charge in [-0.1, -0.05) is 41.2 Å². The third-order valence-corrected chi connectivity index (χ3v) is 7.04. The number of amides is 1. The summed E-state index contributed by atoms with van der Waals surface area (Å²) in [6.07, 6.45) is 0.300. The van der Waals surface area contributed by atoms with Crippen LogP contribution in [0, 0.1) is 6.92 Å². The predicted molar refractivity (Wildman–Crippen MR) is 91.9 cm³/mol. The molecule has 1 saturated heterocycles. The number of aliphatic imine (C=N–C) groups is 1. The molecule has 0 aromatic heterocycles. The van der Waals surface area contributed by atoms with Crippen molar-refractivity contribution in [3.05, 3.63) is 29.8 Å². The molecular weight excluding hydrogens is 356 g/mol. The van der Waals surface area contributed by atoms with Crippen molar-refractivity contribution >= 4 is 43.9 Å². The Morgan fingerprint density at radius 3 is 2.74 bits per heavy atom. The molecule has 0 aliphatic carbocycles. The Bertz CT molecular complexity index is 731. The van der Waals surface area contributed by atoms with Crippen LogP contribution in [0.2, 0.25) is 0 Å². The smallest absolute Gasteiger partial charge is 0.272 e. The van der Waals surface area contributed by atoms with E-state index >= 15 is 0 Å². The molecule has 1 atom stereocenters. The number of rotatable bonds is 5. The summed E-state index contributed by atoms with van der Waals surface area (Å²) < 4.78 is 30.5. The van der Waals surface area contributed by atoms with Crippen molar-refractivity contribution in [3.8, 4) is 0 Å². The highest BCUT2D eigenvalue weighted by atomic mass is 32.2. The lowest BCUT2D eigenvalue weighted by molar-refractivity contribution is -0.185. The minimum Gasteiger partial charge on any atom is -0.272 e. The maximum atomic E-state index is 12.2. The van der Waals surface area contributed by atoms with E-state index in [4.69, 9.17) is 4.28 Å². The van der Waals surface area contributed by atoms with E-state index in [1.807, 2.05) is 6.92 Å². The van der Waals surface area contributed by atoms with Gasteiger partial charge in [-0.2, -0.15) is 13.5 Å². The number of carbonyl (C=O) groups is 1. The number of hydrogen-bond acceptors (Lipinski definition) is 7. The Balaban J connectivity index is 1.62. The summed E-state index contributed by atoms with van der Waals surface area (Å²) in [6.45, 7) is 2.69. The molecule has 0 bridgehead atoms. The molecule has 9 heteroatoms. The van der Waals surface area contributed by atoms with Crippen LogP contribution in [0.5, 0.6) is 0 Å². The van der Waals surface area contributed by atoms with Crippen LogP contribution in [0.1, 0.15) is 12.0 Å². The number of hydroxylamine groups is 2. The Morgan fingerprint density at radius 2 is 2.13 bits per heavy atom. The van der Waals surface area contributed by atoms with E-state index < -0.39 is 10.1 Å². The highest BCUT2D eigenvalue weighted by Crippen LogP contribution is 2.30. The molecule has 1 amide bonds. The summed E-state index contributed by atoms with van der Waals surface area (Å²) in [5, 5.41) is 0.975. The van der Waals surface area contributed by atoms with Gasteiger partial charge in [0.05, 0.1) is 23.9 Å². The first-order valence-electron chi connectivity index (χ1n) is 7.09. The average molecular weight is 372 g/mol. The van der Waals surface area contributed by atoms with Gasteiger partial charge < -0.3 is 0 Å². The van der Waals surface area contributed by atoms with Crippen molar-refractivity contribution < 1.29 is 17.5 Å². The third-order valence-electron chi connectivity index (χ3n) is 3.43. The second-order valence-electron chi connectivity index (χ2n) is 5.23. The molecule has 1 unspecified atom stereocenters. The van der Waals surface area contributed by atoms with Crippen molar-refractivity contribution in [3.63, 3.8) is 0 Å². The molecule has 2 heterocycles. The summed E-state index contributed by atoms with van der Waals surface area (Å²) in [6, 6.07) is 6.09. The van der Waals surface area contributed by atoms with Gasteiger partial charge in [0, 0.05) is 11.5 Å². The Hall–Kier alpha value is -1.03. The molecule has 0 spiro atoms. The van der Waals surface area contributed by atoms with Gasteiger partial charge in [-0.25, -0.2) is 0 Å². The summed E-state index contributed by atoms with van der Waals surface area (Å²) in [4.78, 5) is 16.1. The third kappa shape index (κ3) is 3.90.